The van der Waals surface area contributed by atoms with Crippen molar-refractivity contribution in [3.05, 3.63) is 29.3 Å². The highest BCUT2D eigenvalue weighted by atomic mass is 16.7. The van der Waals surface area contributed by atoms with Crippen molar-refractivity contribution in [3.63, 3.8) is 0 Å². The molecule has 0 spiro atoms. The predicted octanol–water partition coefficient (Wildman–Crippen LogP) is 4.87. The molecule has 2 aliphatic rings. The Bertz CT molecular complexity index is 856. The first-order valence-corrected chi connectivity index (χ1v) is 13.9. The van der Waals surface area contributed by atoms with Gasteiger partial charge in [-0.15, -0.1) is 0 Å². The van der Waals surface area contributed by atoms with E-state index in [-0.39, 0.29) is 31.3 Å². The van der Waals surface area contributed by atoms with Crippen LogP contribution in [0.4, 0.5) is 4.79 Å². The molecule has 0 unspecified atom stereocenters. The molecule has 0 amide bonds. The highest BCUT2D eigenvalue weighted by molar-refractivity contribution is 5.71. The number of benzene rings is 1. The molecule has 0 aliphatic heterocycles. The van der Waals surface area contributed by atoms with E-state index in [0.29, 0.717) is 37.2 Å². The van der Waals surface area contributed by atoms with Crippen molar-refractivity contribution >= 4 is 12.1 Å². The molecule has 1 aromatic carbocycles. The van der Waals surface area contributed by atoms with E-state index in [1.807, 2.05) is 19.1 Å². The first-order chi connectivity index (χ1) is 18.0. The minimum atomic E-state index is -0.656. The molecule has 1 fully saturated rings. The van der Waals surface area contributed by atoms with Crippen molar-refractivity contribution in [1.29, 1.82) is 0 Å². The van der Waals surface area contributed by atoms with Gasteiger partial charge in [0, 0.05) is 6.61 Å². The number of unbranched alkanes of at least 4 members (excludes halogenated alkanes) is 2. The minimum Gasteiger partial charge on any atom is -0.482 e. The summed E-state index contributed by atoms with van der Waals surface area (Å²) in [7, 11) is 1.35. The zero-order valence-corrected chi connectivity index (χ0v) is 22.6. The van der Waals surface area contributed by atoms with Gasteiger partial charge in [0.1, 0.15) is 18.5 Å². The van der Waals surface area contributed by atoms with E-state index in [1.54, 1.807) is 0 Å². The van der Waals surface area contributed by atoms with Crippen LogP contribution in [-0.2, 0) is 36.6 Å². The first kappa shape index (κ1) is 29.2. The zero-order chi connectivity index (χ0) is 26.6. The number of esters is 1. The molecule has 37 heavy (non-hydrogen) atoms. The van der Waals surface area contributed by atoms with Gasteiger partial charge in [0.15, 0.2) is 6.61 Å². The third-order valence-electron chi connectivity index (χ3n) is 7.77. The van der Waals surface area contributed by atoms with Gasteiger partial charge >= 0.3 is 12.1 Å². The molecule has 3 rings (SSSR count). The van der Waals surface area contributed by atoms with Gasteiger partial charge in [0.05, 0.1) is 19.8 Å². The maximum Gasteiger partial charge on any atom is 0.508 e. The molecule has 1 N–H and O–H groups in total. The third-order valence-corrected chi connectivity index (χ3v) is 7.77. The maximum atomic E-state index is 12.5. The molecule has 1 saturated carbocycles. The summed E-state index contributed by atoms with van der Waals surface area (Å²) >= 11 is 0. The molecular formula is C29H44O8. The summed E-state index contributed by atoms with van der Waals surface area (Å²) in [5, 5.41) is 10.6. The Hall–Kier alpha value is -2.32. The molecule has 0 aromatic heterocycles. The largest absolute Gasteiger partial charge is 0.508 e. The van der Waals surface area contributed by atoms with E-state index in [9.17, 15) is 14.7 Å². The number of carbonyl (C=O) groups excluding carboxylic acids is 2. The summed E-state index contributed by atoms with van der Waals surface area (Å²) in [5.74, 6) is 1.11. The molecule has 208 valence electrons. The van der Waals surface area contributed by atoms with Crippen LogP contribution >= 0.6 is 0 Å². The molecule has 0 saturated heterocycles. The monoisotopic (exact) mass is 520 g/mol. The van der Waals surface area contributed by atoms with Gasteiger partial charge in [-0.25, -0.2) is 9.59 Å². The Morgan fingerprint density at radius 2 is 1.95 bits per heavy atom. The van der Waals surface area contributed by atoms with E-state index < -0.39 is 12.1 Å². The van der Waals surface area contributed by atoms with Crippen LogP contribution in [-0.4, -0.2) is 63.0 Å². The van der Waals surface area contributed by atoms with Crippen LogP contribution in [0.1, 0.15) is 69.9 Å². The summed E-state index contributed by atoms with van der Waals surface area (Å²) in [5.41, 5.74) is 2.32. The standard InChI is InChI=1S/C29H44O8/c1-4-6-7-10-22(30)12-13-23-24-16-20-9-8-11-26(36-19-28(31)33-3)25(20)17-21(24)18-27(23)37-29(32)35-15-14-34-5-2/h8-9,11,21-24,27,30H,4-7,10,12-19H2,1-3H3/t21-,22+,23+,24-,27+/m0/s1. The third kappa shape index (κ3) is 8.60. The Morgan fingerprint density at radius 3 is 2.70 bits per heavy atom. The van der Waals surface area contributed by atoms with Crippen LogP contribution in [0, 0.1) is 17.8 Å². The Balaban J connectivity index is 1.69. The van der Waals surface area contributed by atoms with E-state index in [0.717, 1.165) is 56.9 Å². The lowest BCUT2D eigenvalue weighted by Crippen LogP contribution is -2.30. The van der Waals surface area contributed by atoms with Crippen LogP contribution < -0.4 is 4.74 Å². The number of fused-ring (bicyclic) bond motifs is 2. The summed E-state index contributed by atoms with van der Waals surface area (Å²) in [6, 6.07) is 5.96. The van der Waals surface area contributed by atoms with E-state index in [2.05, 4.69) is 13.0 Å². The van der Waals surface area contributed by atoms with E-state index in [1.165, 1.54) is 12.7 Å². The fourth-order valence-electron chi connectivity index (χ4n) is 5.89. The fraction of sp³-hybridized carbons (Fsp3) is 0.724. The number of carbonyl (C=O) groups is 2. The normalized spacial score (nSPS) is 23.0. The minimum absolute atomic E-state index is 0.126. The van der Waals surface area contributed by atoms with Crippen molar-refractivity contribution in [2.45, 2.75) is 83.8 Å². The van der Waals surface area contributed by atoms with Crippen molar-refractivity contribution in [3.8, 4) is 5.75 Å². The van der Waals surface area contributed by atoms with Gasteiger partial charge < -0.3 is 28.8 Å². The number of hydrogen-bond acceptors (Lipinski definition) is 8. The van der Waals surface area contributed by atoms with Gasteiger partial charge in [0.2, 0.25) is 0 Å². The Morgan fingerprint density at radius 1 is 1.11 bits per heavy atom. The number of rotatable bonds is 15. The second kappa shape index (κ2) is 15.2. The molecule has 0 heterocycles. The summed E-state index contributed by atoms with van der Waals surface area (Å²) in [4.78, 5) is 24.1. The summed E-state index contributed by atoms with van der Waals surface area (Å²) in [6.45, 7) is 5.01. The second-order valence-corrected chi connectivity index (χ2v) is 10.2. The SMILES string of the molecule is CCCCC[C@@H](O)CC[C@@H]1[C@H]2Cc3cccc(OCC(=O)OC)c3C[C@H]2C[C@H]1OC(=O)OCCOCC. The number of aliphatic hydroxyl groups excluding tert-OH is 1. The highest BCUT2D eigenvalue weighted by Crippen LogP contribution is 2.49. The van der Waals surface area contributed by atoms with Crippen LogP contribution in [0.15, 0.2) is 18.2 Å². The fourth-order valence-corrected chi connectivity index (χ4v) is 5.89. The van der Waals surface area contributed by atoms with Gasteiger partial charge in [0.25, 0.3) is 0 Å². The van der Waals surface area contributed by atoms with Gasteiger partial charge in [-0.05, 0) is 80.4 Å². The lowest BCUT2D eigenvalue weighted by Gasteiger charge is -2.32. The second-order valence-electron chi connectivity index (χ2n) is 10.2. The average molecular weight is 521 g/mol. The number of methoxy groups -OCH3 is 1. The molecule has 8 nitrogen and oxygen atoms in total. The van der Waals surface area contributed by atoms with Crippen LogP contribution in [0.2, 0.25) is 0 Å². The average Bonchev–Trinajstić information content (AvgIpc) is 3.22. The van der Waals surface area contributed by atoms with Crippen molar-refractivity contribution in [2.24, 2.45) is 17.8 Å². The van der Waals surface area contributed by atoms with Crippen molar-refractivity contribution < 1.29 is 38.4 Å². The van der Waals surface area contributed by atoms with E-state index >= 15 is 0 Å². The molecule has 0 bridgehead atoms. The Labute approximate surface area is 220 Å². The quantitative estimate of drug-likeness (QED) is 0.258. The Kier molecular flexibility index (Phi) is 12.0. The van der Waals surface area contributed by atoms with Crippen molar-refractivity contribution in [1.82, 2.24) is 0 Å². The number of ether oxygens (including phenoxy) is 5. The zero-order valence-electron chi connectivity index (χ0n) is 22.6. The molecule has 0 radical (unpaired) electrons. The number of aliphatic hydroxyl groups is 1. The lowest BCUT2D eigenvalue weighted by atomic mass is 9.73. The van der Waals surface area contributed by atoms with Crippen LogP contribution in [0.25, 0.3) is 0 Å². The van der Waals surface area contributed by atoms with Gasteiger partial charge in [-0.3, -0.25) is 0 Å². The first-order valence-electron chi connectivity index (χ1n) is 13.9. The molecule has 1 aromatic rings. The lowest BCUT2D eigenvalue weighted by molar-refractivity contribution is -0.142. The molecule has 5 atom stereocenters. The number of hydrogen-bond donors (Lipinski definition) is 1. The summed E-state index contributed by atoms with van der Waals surface area (Å²) < 4.78 is 26.9. The van der Waals surface area contributed by atoms with Gasteiger partial charge in [-0.1, -0.05) is 38.3 Å². The van der Waals surface area contributed by atoms with Crippen molar-refractivity contribution in [2.75, 3.05) is 33.5 Å². The summed E-state index contributed by atoms with van der Waals surface area (Å²) in [6.07, 6.45) is 6.74. The predicted molar refractivity (Wildman–Crippen MR) is 139 cm³/mol. The molecule has 2 aliphatic carbocycles. The van der Waals surface area contributed by atoms with E-state index in [4.69, 9.17) is 23.7 Å². The maximum absolute atomic E-state index is 12.5. The smallest absolute Gasteiger partial charge is 0.482 e. The van der Waals surface area contributed by atoms with Gasteiger partial charge in [-0.2, -0.15) is 0 Å². The highest BCUT2D eigenvalue weighted by Gasteiger charge is 2.47. The topological polar surface area (TPSA) is 101 Å². The van der Waals surface area contributed by atoms with Crippen LogP contribution in [0.5, 0.6) is 5.75 Å². The molecular weight excluding hydrogens is 476 g/mol. The molecule has 8 heteroatoms. The van der Waals surface area contributed by atoms with Crippen LogP contribution in [0.3, 0.4) is 0 Å².